The number of carbonyl (C=O) groups excluding carboxylic acids is 2. The van der Waals surface area contributed by atoms with Crippen LogP contribution in [0.4, 0.5) is 0 Å². The van der Waals surface area contributed by atoms with Crippen LogP contribution in [0.2, 0.25) is 0 Å². The minimum absolute atomic E-state index is 0.00120. The molecule has 17 heavy (non-hydrogen) atoms. The third-order valence-corrected chi connectivity index (χ3v) is 3.36. The Bertz CT molecular complexity index is 283. The van der Waals surface area contributed by atoms with E-state index in [-0.39, 0.29) is 23.3 Å². The summed E-state index contributed by atoms with van der Waals surface area (Å²) in [5, 5.41) is 8.69. The summed E-state index contributed by atoms with van der Waals surface area (Å²) >= 11 is 1.72. The molecule has 5 nitrogen and oxygen atoms in total. The Kier molecular flexibility index (Phi) is 5.27. The van der Waals surface area contributed by atoms with Crippen molar-refractivity contribution in [3.8, 4) is 0 Å². The van der Waals surface area contributed by atoms with Crippen LogP contribution in [0.3, 0.4) is 0 Å². The van der Waals surface area contributed by atoms with Crippen molar-refractivity contribution >= 4 is 23.6 Å². The first kappa shape index (κ1) is 14.3. The van der Waals surface area contributed by atoms with Crippen molar-refractivity contribution in [3.63, 3.8) is 0 Å². The number of nitrogens with one attached hydrogen (secondary N) is 3. The van der Waals surface area contributed by atoms with Crippen molar-refractivity contribution in [1.82, 2.24) is 16.0 Å². The molecule has 6 heteroatoms. The van der Waals surface area contributed by atoms with Gasteiger partial charge in [0.05, 0.1) is 6.04 Å². The third kappa shape index (κ3) is 4.95. The van der Waals surface area contributed by atoms with Crippen LogP contribution in [0.15, 0.2) is 0 Å². The number of thioether (sulfide) groups is 1. The molecule has 1 fully saturated rings. The van der Waals surface area contributed by atoms with E-state index in [2.05, 4.69) is 16.0 Å². The Morgan fingerprint density at radius 2 is 1.94 bits per heavy atom. The normalized spacial score (nSPS) is 20.1. The molecule has 1 aliphatic rings. The lowest BCUT2D eigenvalue weighted by Crippen LogP contribution is -2.45. The topological polar surface area (TPSA) is 70.2 Å². The summed E-state index contributed by atoms with van der Waals surface area (Å²) in [6, 6.07) is -0.0849. The van der Waals surface area contributed by atoms with E-state index < -0.39 is 0 Å². The predicted molar refractivity (Wildman–Crippen MR) is 69.7 cm³/mol. The maximum atomic E-state index is 11.6. The molecule has 0 aromatic carbocycles. The fourth-order valence-corrected chi connectivity index (χ4v) is 2.26. The van der Waals surface area contributed by atoms with Crippen LogP contribution in [0, 0.1) is 5.41 Å². The van der Waals surface area contributed by atoms with Crippen molar-refractivity contribution in [2.45, 2.75) is 26.8 Å². The van der Waals surface area contributed by atoms with Gasteiger partial charge in [0.2, 0.25) is 11.8 Å². The first-order chi connectivity index (χ1) is 7.91. The minimum Gasteiger partial charge on any atom is -0.354 e. The van der Waals surface area contributed by atoms with Gasteiger partial charge in [-0.3, -0.25) is 14.9 Å². The molecule has 0 saturated carbocycles. The second-order valence-electron chi connectivity index (χ2n) is 5.07. The monoisotopic (exact) mass is 259 g/mol. The highest BCUT2D eigenvalue weighted by Gasteiger charge is 2.22. The van der Waals surface area contributed by atoms with Gasteiger partial charge in [0.15, 0.2) is 0 Å². The van der Waals surface area contributed by atoms with Crippen LogP contribution in [0.1, 0.15) is 20.8 Å². The van der Waals surface area contributed by atoms with E-state index in [0.29, 0.717) is 13.1 Å². The van der Waals surface area contributed by atoms with Crippen LogP contribution in [0.25, 0.3) is 0 Å². The molecule has 3 N–H and O–H groups in total. The van der Waals surface area contributed by atoms with Crippen LogP contribution in [-0.4, -0.2) is 42.6 Å². The van der Waals surface area contributed by atoms with E-state index in [4.69, 9.17) is 0 Å². The van der Waals surface area contributed by atoms with Gasteiger partial charge in [-0.15, -0.1) is 11.8 Å². The molecule has 2 amide bonds. The fraction of sp³-hybridized carbons (Fsp3) is 0.818. The predicted octanol–water partition coefficient (Wildman–Crippen LogP) is -0.0726. The Balaban J connectivity index is 2.11. The molecule has 0 aromatic rings. The smallest absolute Gasteiger partial charge is 0.238 e. The molecule has 0 radical (unpaired) electrons. The number of rotatable bonds is 4. The molecular weight excluding hydrogens is 238 g/mol. The van der Waals surface area contributed by atoms with Crippen molar-refractivity contribution in [3.05, 3.63) is 0 Å². The van der Waals surface area contributed by atoms with Crippen molar-refractivity contribution in [1.29, 1.82) is 0 Å². The summed E-state index contributed by atoms with van der Waals surface area (Å²) in [7, 11) is 0. The summed E-state index contributed by atoms with van der Waals surface area (Å²) < 4.78 is 0. The number of amides is 2. The summed E-state index contributed by atoms with van der Waals surface area (Å²) in [4.78, 5) is 23.1. The Hall–Kier alpha value is -0.750. The summed E-state index contributed by atoms with van der Waals surface area (Å²) in [5.41, 5.74) is -0.381. The molecule has 1 heterocycles. The first-order valence-corrected chi connectivity index (χ1v) is 6.94. The van der Waals surface area contributed by atoms with Crippen molar-refractivity contribution in [2.75, 3.05) is 24.7 Å². The van der Waals surface area contributed by atoms with E-state index in [1.807, 2.05) is 20.8 Å². The Labute approximate surface area is 106 Å². The zero-order valence-corrected chi connectivity index (χ0v) is 11.4. The fourth-order valence-electron chi connectivity index (χ4n) is 1.31. The number of hydrogen-bond acceptors (Lipinski definition) is 4. The molecule has 1 rings (SSSR count). The lowest BCUT2D eigenvalue weighted by molar-refractivity contribution is -0.128. The highest BCUT2D eigenvalue weighted by molar-refractivity contribution is 7.99. The standard InChI is InChI=1S/C11H21N3O2S/c1-11(2,3)10(16)13-5-4-12-9(15)8-6-17-7-14-8/h8,14H,4-7H2,1-3H3,(H,12,15)(H,13,16). The Morgan fingerprint density at radius 1 is 1.29 bits per heavy atom. The van der Waals surface area contributed by atoms with Gasteiger partial charge in [0.1, 0.15) is 0 Å². The second kappa shape index (κ2) is 6.26. The van der Waals surface area contributed by atoms with Crippen LogP contribution in [-0.2, 0) is 9.59 Å². The van der Waals surface area contributed by atoms with Crippen LogP contribution in [0.5, 0.6) is 0 Å². The maximum absolute atomic E-state index is 11.6. The summed E-state index contributed by atoms with van der Waals surface area (Å²) in [5.74, 6) is 1.67. The van der Waals surface area contributed by atoms with Gasteiger partial charge in [-0.2, -0.15) is 0 Å². The van der Waals surface area contributed by atoms with Gasteiger partial charge in [-0.25, -0.2) is 0 Å². The molecule has 0 bridgehead atoms. The molecule has 1 saturated heterocycles. The number of hydrogen-bond donors (Lipinski definition) is 3. The zero-order chi connectivity index (χ0) is 12.9. The number of carbonyl (C=O) groups is 2. The van der Waals surface area contributed by atoms with Crippen LogP contribution >= 0.6 is 11.8 Å². The van der Waals surface area contributed by atoms with E-state index >= 15 is 0 Å². The SMILES string of the molecule is CC(C)(C)C(=O)NCCNC(=O)C1CSCN1. The quantitative estimate of drug-likeness (QED) is 0.618. The average molecular weight is 259 g/mol. The van der Waals surface area contributed by atoms with E-state index in [1.54, 1.807) is 11.8 Å². The van der Waals surface area contributed by atoms with Gasteiger partial charge in [0.25, 0.3) is 0 Å². The maximum Gasteiger partial charge on any atom is 0.238 e. The highest BCUT2D eigenvalue weighted by Crippen LogP contribution is 2.12. The summed E-state index contributed by atoms with van der Waals surface area (Å²) in [6.07, 6.45) is 0. The van der Waals surface area contributed by atoms with E-state index in [1.165, 1.54) is 0 Å². The third-order valence-electron chi connectivity index (χ3n) is 2.42. The molecule has 0 aromatic heterocycles. The largest absolute Gasteiger partial charge is 0.354 e. The molecule has 1 unspecified atom stereocenters. The Morgan fingerprint density at radius 3 is 2.47 bits per heavy atom. The molecule has 98 valence electrons. The zero-order valence-electron chi connectivity index (χ0n) is 10.6. The minimum atomic E-state index is -0.381. The van der Waals surface area contributed by atoms with Crippen LogP contribution < -0.4 is 16.0 Å². The first-order valence-electron chi connectivity index (χ1n) is 5.78. The van der Waals surface area contributed by atoms with Gasteiger partial charge < -0.3 is 10.6 Å². The van der Waals surface area contributed by atoms with E-state index in [0.717, 1.165) is 11.6 Å². The lowest BCUT2D eigenvalue weighted by Gasteiger charge is -2.18. The van der Waals surface area contributed by atoms with Gasteiger partial charge in [0, 0.05) is 30.1 Å². The van der Waals surface area contributed by atoms with Crippen molar-refractivity contribution in [2.24, 2.45) is 5.41 Å². The molecule has 0 spiro atoms. The molecule has 1 atom stereocenters. The molecule has 1 aliphatic heterocycles. The molecular formula is C11H21N3O2S. The van der Waals surface area contributed by atoms with Crippen molar-refractivity contribution < 1.29 is 9.59 Å². The lowest BCUT2D eigenvalue weighted by atomic mass is 9.96. The van der Waals surface area contributed by atoms with Gasteiger partial charge in [-0.1, -0.05) is 20.8 Å². The average Bonchev–Trinajstić information content (AvgIpc) is 2.75. The van der Waals surface area contributed by atoms with Gasteiger partial charge in [-0.05, 0) is 0 Å². The van der Waals surface area contributed by atoms with E-state index in [9.17, 15) is 9.59 Å². The summed E-state index contributed by atoms with van der Waals surface area (Å²) in [6.45, 7) is 6.53. The molecule has 0 aliphatic carbocycles. The van der Waals surface area contributed by atoms with Gasteiger partial charge >= 0.3 is 0 Å². The second-order valence-corrected chi connectivity index (χ2v) is 6.10. The highest BCUT2D eigenvalue weighted by atomic mass is 32.2.